The van der Waals surface area contributed by atoms with E-state index in [2.05, 4.69) is 20.3 Å². The van der Waals surface area contributed by atoms with Crippen LogP contribution >= 0.6 is 0 Å². The molecule has 114 valence electrons. The quantitative estimate of drug-likeness (QED) is 0.941. The molecule has 3 rings (SSSR count). The van der Waals surface area contributed by atoms with Crippen LogP contribution in [0.4, 0.5) is 11.8 Å². The molecule has 1 N–H and O–H groups in total. The van der Waals surface area contributed by atoms with Gasteiger partial charge in [0.25, 0.3) is 0 Å². The number of piperidine rings is 1. The Morgan fingerprint density at radius 1 is 1.27 bits per heavy atom. The summed E-state index contributed by atoms with van der Waals surface area (Å²) in [4.78, 5) is 26.4. The molecular weight excluding hydrogens is 278 g/mol. The summed E-state index contributed by atoms with van der Waals surface area (Å²) in [6.45, 7) is 3.22. The second kappa shape index (κ2) is 6.51. The van der Waals surface area contributed by atoms with E-state index in [9.17, 15) is 4.79 Å². The zero-order valence-electron chi connectivity index (χ0n) is 12.6. The van der Waals surface area contributed by atoms with E-state index in [1.807, 2.05) is 23.1 Å². The Hall–Kier alpha value is -2.50. The van der Waals surface area contributed by atoms with Crippen LogP contribution < -0.4 is 5.32 Å². The molecule has 3 heterocycles. The molecule has 6 nitrogen and oxygen atoms in total. The minimum atomic E-state index is 0.136. The van der Waals surface area contributed by atoms with Crippen LogP contribution in [0.5, 0.6) is 0 Å². The van der Waals surface area contributed by atoms with Crippen LogP contribution in [0.1, 0.15) is 31.4 Å². The first kappa shape index (κ1) is 14.4. The van der Waals surface area contributed by atoms with Crippen LogP contribution in [0.15, 0.2) is 36.7 Å². The first-order valence-corrected chi connectivity index (χ1v) is 7.49. The number of rotatable bonds is 3. The fourth-order valence-electron chi connectivity index (χ4n) is 2.73. The first-order valence-electron chi connectivity index (χ1n) is 7.49. The van der Waals surface area contributed by atoms with Gasteiger partial charge in [-0.2, -0.15) is 0 Å². The van der Waals surface area contributed by atoms with E-state index in [4.69, 9.17) is 0 Å². The van der Waals surface area contributed by atoms with Gasteiger partial charge in [-0.3, -0.25) is 4.79 Å². The highest BCUT2D eigenvalue weighted by atomic mass is 16.2. The molecule has 0 spiro atoms. The highest BCUT2D eigenvalue weighted by Crippen LogP contribution is 2.26. The summed E-state index contributed by atoms with van der Waals surface area (Å²) in [6, 6.07) is 7.66. The smallest absolute Gasteiger partial charge is 0.228 e. The third-order valence-corrected chi connectivity index (χ3v) is 3.86. The Bertz CT molecular complexity index is 646. The van der Waals surface area contributed by atoms with Gasteiger partial charge in [-0.1, -0.05) is 6.07 Å². The molecule has 0 aliphatic carbocycles. The highest BCUT2D eigenvalue weighted by molar-refractivity contribution is 5.73. The van der Waals surface area contributed by atoms with E-state index in [1.165, 1.54) is 0 Å². The Kier molecular flexibility index (Phi) is 4.27. The summed E-state index contributed by atoms with van der Waals surface area (Å²) in [5.41, 5.74) is 1.01. The lowest BCUT2D eigenvalue weighted by Crippen LogP contribution is -2.37. The van der Waals surface area contributed by atoms with Crippen LogP contribution in [0, 0.1) is 0 Å². The minimum absolute atomic E-state index is 0.136. The maximum absolute atomic E-state index is 11.6. The van der Waals surface area contributed by atoms with Crippen molar-refractivity contribution in [1.29, 1.82) is 0 Å². The van der Waals surface area contributed by atoms with Crippen LogP contribution in [-0.2, 0) is 4.79 Å². The lowest BCUT2D eigenvalue weighted by molar-refractivity contribution is -0.130. The number of carbonyl (C=O) groups is 1. The number of hydrogen-bond acceptors (Lipinski definition) is 5. The van der Waals surface area contributed by atoms with Gasteiger partial charge in [0.15, 0.2) is 0 Å². The number of nitrogens with one attached hydrogen (secondary N) is 1. The number of amides is 1. The van der Waals surface area contributed by atoms with E-state index in [0.29, 0.717) is 5.95 Å². The van der Waals surface area contributed by atoms with Gasteiger partial charge in [-0.05, 0) is 31.0 Å². The average molecular weight is 297 g/mol. The number of likely N-dealkylation sites (tertiary alicyclic amines) is 1. The normalized spacial score (nSPS) is 18.0. The predicted octanol–water partition coefficient (Wildman–Crippen LogP) is 2.34. The van der Waals surface area contributed by atoms with Crippen LogP contribution in [0.3, 0.4) is 0 Å². The van der Waals surface area contributed by atoms with E-state index in [0.717, 1.165) is 37.4 Å². The number of aromatic nitrogens is 3. The van der Waals surface area contributed by atoms with Gasteiger partial charge in [-0.15, -0.1) is 0 Å². The second-order valence-corrected chi connectivity index (χ2v) is 5.45. The maximum Gasteiger partial charge on any atom is 0.228 e. The van der Waals surface area contributed by atoms with Gasteiger partial charge in [0.1, 0.15) is 5.82 Å². The Balaban J connectivity index is 1.75. The monoisotopic (exact) mass is 297 g/mol. The molecule has 1 amide bonds. The molecule has 0 radical (unpaired) electrons. The topological polar surface area (TPSA) is 71.0 Å². The van der Waals surface area contributed by atoms with Crippen LogP contribution in [0.25, 0.3) is 0 Å². The van der Waals surface area contributed by atoms with Crippen molar-refractivity contribution in [1.82, 2.24) is 19.9 Å². The first-order chi connectivity index (χ1) is 10.7. The van der Waals surface area contributed by atoms with Crippen LogP contribution in [0.2, 0.25) is 0 Å². The Morgan fingerprint density at radius 2 is 2.09 bits per heavy atom. The molecular formula is C16H19N5O. The Morgan fingerprint density at radius 3 is 2.86 bits per heavy atom. The fraction of sp³-hybridized carbons (Fsp3) is 0.375. The van der Waals surface area contributed by atoms with Gasteiger partial charge >= 0.3 is 0 Å². The van der Waals surface area contributed by atoms with Crippen molar-refractivity contribution in [3.05, 3.63) is 42.4 Å². The van der Waals surface area contributed by atoms with E-state index in [1.54, 1.807) is 25.4 Å². The molecule has 2 aromatic rings. The van der Waals surface area contributed by atoms with Crippen LogP contribution in [-0.4, -0.2) is 38.8 Å². The molecule has 0 unspecified atom stereocenters. The standard InChI is InChI=1S/C16H19N5O/c1-12(22)21-10-3-5-13(11-21)14-6-2-7-15(19-14)20-16-17-8-4-9-18-16/h2,4,6-9,13H,3,5,10-11H2,1H3,(H,17,18,19,20)/t13-/m1/s1. The molecule has 1 fully saturated rings. The predicted molar refractivity (Wildman–Crippen MR) is 83.8 cm³/mol. The van der Waals surface area contributed by atoms with Crippen molar-refractivity contribution in [3.63, 3.8) is 0 Å². The molecule has 6 heteroatoms. The largest absolute Gasteiger partial charge is 0.342 e. The minimum Gasteiger partial charge on any atom is -0.342 e. The van der Waals surface area contributed by atoms with Gasteiger partial charge in [-0.25, -0.2) is 15.0 Å². The van der Waals surface area contributed by atoms with Gasteiger partial charge in [0, 0.05) is 44.0 Å². The summed E-state index contributed by atoms with van der Waals surface area (Å²) in [5.74, 6) is 1.68. The fourth-order valence-corrected chi connectivity index (χ4v) is 2.73. The van der Waals surface area contributed by atoms with E-state index < -0.39 is 0 Å². The lowest BCUT2D eigenvalue weighted by Gasteiger charge is -2.31. The number of nitrogens with zero attached hydrogens (tertiary/aromatic N) is 4. The molecule has 0 saturated carbocycles. The van der Waals surface area contributed by atoms with Crippen molar-refractivity contribution in [2.24, 2.45) is 0 Å². The van der Waals surface area contributed by atoms with Crippen molar-refractivity contribution < 1.29 is 4.79 Å². The summed E-state index contributed by atoms with van der Waals surface area (Å²) < 4.78 is 0. The van der Waals surface area contributed by atoms with Crippen molar-refractivity contribution in [2.45, 2.75) is 25.7 Å². The zero-order chi connectivity index (χ0) is 15.4. The summed E-state index contributed by atoms with van der Waals surface area (Å²) in [5, 5.41) is 3.10. The lowest BCUT2D eigenvalue weighted by atomic mass is 9.94. The molecule has 1 aliphatic rings. The van der Waals surface area contributed by atoms with Crippen molar-refractivity contribution >= 4 is 17.7 Å². The summed E-state index contributed by atoms with van der Waals surface area (Å²) in [7, 11) is 0. The third-order valence-electron chi connectivity index (χ3n) is 3.86. The number of carbonyl (C=O) groups excluding carboxylic acids is 1. The molecule has 22 heavy (non-hydrogen) atoms. The third kappa shape index (κ3) is 3.39. The summed E-state index contributed by atoms with van der Waals surface area (Å²) >= 11 is 0. The van der Waals surface area contributed by atoms with E-state index in [-0.39, 0.29) is 11.8 Å². The van der Waals surface area contributed by atoms with Gasteiger partial charge in [0.2, 0.25) is 11.9 Å². The maximum atomic E-state index is 11.6. The van der Waals surface area contributed by atoms with Crippen molar-refractivity contribution in [3.8, 4) is 0 Å². The number of hydrogen-bond donors (Lipinski definition) is 1. The number of anilines is 2. The SMILES string of the molecule is CC(=O)N1CCC[C@@H](c2cccc(Nc3ncccn3)n2)C1. The molecule has 1 atom stereocenters. The van der Waals surface area contributed by atoms with Gasteiger partial charge in [0.05, 0.1) is 0 Å². The molecule has 1 saturated heterocycles. The molecule has 2 aromatic heterocycles. The zero-order valence-corrected chi connectivity index (χ0v) is 12.6. The molecule has 1 aliphatic heterocycles. The molecule has 0 aromatic carbocycles. The highest BCUT2D eigenvalue weighted by Gasteiger charge is 2.23. The Labute approximate surface area is 129 Å². The number of pyridine rings is 1. The van der Waals surface area contributed by atoms with Gasteiger partial charge < -0.3 is 10.2 Å². The van der Waals surface area contributed by atoms with E-state index >= 15 is 0 Å². The average Bonchev–Trinajstić information content (AvgIpc) is 2.56. The second-order valence-electron chi connectivity index (χ2n) is 5.45. The van der Waals surface area contributed by atoms with Crippen molar-refractivity contribution in [2.75, 3.05) is 18.4 Å². The summed E-state index contributed by atoms with van der Waals surface area (Å²) in [6.07, 6.45) is 5.45. The molecule has 0 bridgehead atoms.